The molecule has 0 aliphatic heterocycles. The van der Waals surface area contributed by atoms with Gasteiger partial charge in [0.05, 0.1) is 11.6 Å². The Morgan fingerprint density at radius 3 is 2.93 bits per heavy atom. The fourth-order valence-electron chi connectivity index (χ4n) is 1.16. The van der Waals surface area contributed by atoms with E-state index < -0.39 is 0 Å². The number of hydrogen-bond donors (Lipinski definition) is 1. The molecule has 15 heavy (non-hydrogen) atoms. The number of rotatable bonds is 5. The number of nitrogens with one attached hydrogen (secondary N) is 1. The molecule has 1 N–H and O–H groups in total. The molecule has 2 nitrogen and oxygen atoms in total. The zero-order chi connectivity index (χ0) is 11.1. The van der Waals surface area contributed by atoms with Gasteiger partial charge in [0.2, 0.25) is 0 Å². The molecule has 1 aromatic rings. The maximum Gasteiger partial charge on any atom is 0.129 e. The van der Waals surface area contributed by atoms with Crippen molar-refractivity contribution in [3.05, 3.63) is 35.1 Å². The third kappa shape index (κ3) is 3.90. The van der Waals surface area contributed by atoms with Gasteiger partial charge in [0, 0.05) is 24.4 Å². The van der Waals surface area contributed by atoms with Crippen LogP contribution in [-0.4, -0.2) is 18.6 Å². The molecular formula is C11H13FN2S. The highest BCUT2D eigenvalue weighted by Crippen LogP contribution is 2.09. The van der Waals surface area contributed by atoms with Crippen molar-refractivity contribution in [2.45, 2.75) is 6.54 Å². The number of benzene rings is 1. The van der Waals surface area contributed by atoms with Crippen LogP contribution in [0.1, 0.15) is 11.1 Å². The molecule has 80 valence electrons. The second kappa shape index (κ2) is 6.44. The van der Waals surface area contributed by atoms with Gasteiger partial charge in [-0.05, 0) is 18.4 Å². The fraction of sp³-hybridized carbons (Fsp3) is 0.364. The topological polar surface area (TPSA) is 35.8 Å². The summed E-state index contributed by atoms with van der Waals surface area (Å²) >= 11 is 1.75. The smallest absolute Gasteiger partial charge is 0.129 e. The van der Waals surface area contributed by atoms with Crippen LogP contribution < -0.4 is 5.32 Å². The van der Waals surface area contributed by atoms with E-state index in [0.717, 1.165) is 12.3 Å². The van der Waals surface area contributed by atoms with Gasteiger partial charge in [-0.3, -0.25) is 0 Å². The first-order valence-corrected chi connectivity index (χ1v) is 6.05. The van der Waals surface area contributed by atoms with Crippen LogP contribution in [0, 0.1) is 17.1 Å². The Labute approximate surface area is 93.5 Å². The van der Waals surface area contributed by atoms with Crippen molar-refractivity contribution < 1.29 is 4.39 Å². The third-order valence-electron chi connectivity index (χ3n) is 1.98. The monoisotopic (exact) mass is 224 g/mol. The minimum absolute atomic E-state index is 0.314. The van der Waals surface area contributed by atoms with E-state index >= 15 is 0 Å². The molecule has 0 unspecified atom stereocenters. The van der Waals surface area contributed by atoms with Crippen LogP contribution in [0.25, 0.3) is 0 Å². The number of halogens is 1. The Bertz CT molecular complexity index is 360. The van der Waals surface area contributed by atoms with Crippen molar-refractivity contribution in [3.8, 4) is 6.07 Å². The summed E-state index contributed by atoms with van der Waals surface area (Å²) in [5.74, 6) is 0.698. The van der Waals surface area contributed by atoms with Gasteiger partial charge in [-0.1, -0.05) is 6.07 Å². The zero-order valence-electron chi connectivity index (χ0n) is 8.59. The Kier molecular flexibility index (Phi) is 5.16. The van der Waals surface area contributed by atoms with Gasteiger partial charge in [0.1, 0.15) is 5.82 Å². The van der Waals surface area contributed by atoms with Crippen molar-refractivity contribution in [1.82, 2.24) is 5.32 Å². The average molecular weight is 224 g/mol. The van der Waals surface area contributed by atoms with Crippen LogP contribution >= 0.6 is 11.8 Å². The Morgan fingerprint density at radius 2 is 2.33 bits per heavy atom. The zero-order valence-corrected chi connectivity index (χ0v) is 9.40. The molecule has 0 spiro atoms. The van der Waals surface area contributed by atoms with Gasteiger partial charge >= 0.3 is 0 Å². The van der Waals surface area contributed by atoms with Crippen LogP contribution in [0.3, 0.4) is 0 Å². The second-order valence-corrected chi connectivity index (χ2v) is 4.07. The molecule has 0 radical (unpaired) electrons. The molecule has 1 rings (SSSR count). The summed E-state index contributed by atoms with van der Waals surface area (Å²) in [6.45, 7) is 1.37. The van der Waals surface area contributed by atoms with Crippen molar-refractivity contribution in [2.75, 3.05) is 18.6 Å². The Morgan fingerprint density at radius 1 is 1.53 bits per heavy atom. The Balaban J connectivity index is 2.52. The number of nitrogens with zero attached hydrogens (tertiary/aromatic N) is 1. The standard InChI is InChI=1S/C11H13FN2S/c1-15-5-4-14-8-10-3-2-9(7-13)6-11(10)12/h2-3,6,14H,4-5,8H2,1H3. The molecule has 4 heteroatoms. The predicted octanol–water partition coefficient (Wildman–Crippen LogP) is 2.15. The maximum absolute atomic E-state index is 13.3. The lowest BCUT2D eigenvalue weighted by atomic mass is 10.1. The predicted molar refractivity (Wildman–Crippen MR) is 61.2 cm³/mol. The Hall–Kier alpha value is -1.05. The third-order valence-corrected chi connectivity index (χ3v) is 2.59. The van der Waals surface area contributed by atoms with E-state index in [1.807, 2.05) is 12.3 Å². The summed E-state index contributed by atoms with van der Waals surface area (Å²) in [6.07, 6.45) is 2.03. The van der Waals surface area contributed by atoms with E-state index in [1.165, 1.54) is 6.07 Å². The molecule has 0 aliphatic carbocycles. The molecule has 0 fully saturated rings. The van der Waals surface area contributed by atoms with Gasteiger partial charge in [0.25, 0.3) is 0 Å². The average Bonchev–Trinajstić information content (AvgIpc) is 2.26. The quantitative estimate of drug-likeness (QED) is 0.778. The van der Waals surface area contributed by atoms with Crippen LogP contribution in [0.5, 0.6) is 0 Å². The summed E-state index contributed by atoms with van der Waals surface area (Å²) in [5.41, 5.74) is 0.968. The highest BCUT2D eigenvalue weighted by Gasteiger charge is 2.02. The van der Waals surface area contributed by atoms with Crippen LogP contribution in [0.2, 0.25) is 0 Å². The van der Waals surface area contributed by atoms with Gasteiger partial charge in [-0.25, -0.2) is 4.39 Å². The molecule has 0 saturated carbocycles. The first-order valence-electron chi connectivity index (χ1n) is 4.66. The largest absolute Gasteiger partial charge is 0.312 e. The van der Waals surface area contributed by atoms with Gasteiger partial charge in [-0.15, -0.1) is 0 Å². The van der Waals surface area contributed by atoms with E-state index in [1.54, 1.807) is 23.9 Å². The number of thioether (sulfide) groups is 1. The molecule has 1 aromatic carbocycles. The summed E-state index contributed by atoms with van der Waals surface area (Å²) in [6, 6.07) is 6.46. The number of nitriles is 1. The van der Waals surface area contributed by atoms with Crippen LogP contribution in [-0.2, 0) is 6.54 Å². The maximum atomic E-state index is 13.3. The molecular weight excluding hydrogens is 211 g/mol. The molecule has 0 atom stereocenters. The van der Waals surface area contributed by atoms with Crippen molar-refractivity contribution in [3.63, 3.8) is 0 Å². The molecule has 0 aliphatic rings. The van der Waals surface area contributed by atoms with E-state index in [4.69, 9.17) is 5.26 Å². The van der Waals surface area contributed by atoms with Gasteiger partial charge in [0.15, 0.2) is 0 Å². The first-order chi connectivity index (χ1) is 7.27. The SMILES string of the molecule is CSCCNCc1ccc(C#N)cc1F. The molecule has 0 saturated heterocycles. The highest BCUT2D eigenvalue weighted by atomic mass is 32.2. The van der Waals surface area contributed by atoms with Gasteiger partial charge in [-0.2, -0.15) is 17.0 Å². The lowest BCUT2D eigenvalue weighted by Crippen LogP contribution is -2.17. The van der Waals surface area contributed by atoms with Crippen molar-refractivity contribution in [2.24, 2.45) is 0 Å². The summed E-state index contributed by atoms with van der Waals surface area (Å²) in [7, 11) is 0. The van der Waals surface area contributed by atoms with Crippen LogP contribution in [0.15, 0.2) is 18.2 Å². The van der Waals surface area contributed by atoms with E-state index in [2.05, 4.69) is 5.32 Å². The lowest BCUT2D eigenvalue weighted by molar-refractivity contribution is 0.593. The fourth-order valence-corrected chi connectivity index (χ4v) is 1.51. The lowest BCUT2D eigenvalue weighted by Gasteiger charge is -2.05. The minimum atomic E-state index is -0.314. The summed E-state index contributed by atoms with van der Waals surface area (Å²) in [4.78, 5) is 0. The molecule has 0 aromatic heterocycles. The van der Waals surface area contributed by atoms with E-state index in [0.29, 0.717) is 17.7 Å². The van der Waals surface area contributed by atoms with Gasteiger partial charge < -0.3 is 5.32 Å². The van der Waals surface area contributed by atoms with Crippen LogP contribution in [0.4, 0.5) is 4.39 Å². The minimum Gasteiger partial charge on any atom is -0.312 e. The molecule has 0 heterocycles. The molecule has 0 amide bonds. The normalized spacial score (nSPS) is 9.93. The highest BCUT2D eigenvalue weighted by molar-refractivity contribution is 7.98. The summed E-state index contributed by atoms with van der Waals surface area (Å²) < 4.78 is 13.3. The molecule has 0 bridgehead atoms. The first kappa shape index (κ1) is 12.0. The van der Waals surface area contributed by atoms with Crippen molar-refractivity contribution in [1.29, 1.82) is 5.26 Å². The van der Waals surface area contributed by atoms with Crippen molar-refractivity contribution >= 4 is 11.8 Å². The second-order valence-electron chi connectivity index (χ2n) is 3.09. The number of hydrogen-bond acceptors (Lipinski definition) is 3. The van der Waals surface area contributed by atoms with E-state index in [9.17, 15) is 4.39 Å². The van der Waals surface area contributed by atoms with E-state index in [-0.39, 0.29) is 5.82 Å². The summed E-state index contributed by atoms with van der Waals surface area (Å²) in [5, 5.41) is 11.7.